The summed E-state index contributed by atoms with van der Waals surface area (Å²) in [5.74, 6) is 3.11. The summed E-state index contributed by atoms with van der Waals surface area (Å²) in [7, 11) is 0. The molecule has 0 nitrogen and oxygen atoms in total. The van der Waals surface area contributed by atoms with Gasteiger partial charge in [-0.05, 0) is 70.1 Å². The first-order valence-corrected chi connectivity index (χ1v) is 12.5. The van der Waals surface area contributed by atoms with Gasteiger partial charge in [0.25, 0.3) is 0 Å². The number of hydrogen-bond acceptors (Lipinski definition) is 0. The molecule has 166 valence electrons. The highest BCUT2D eigenvalue weighted by molar-refractivity contribution is 5.79. The van der Waals surface area contributed by atoms with Crippen molar-refractivity contribution in [3.63, 3.8) is 0 Å². The molecule has 0 unspecified atom stereocenters. The van der Waals surface area contributed by atoms with Crippen LogP contribution >= 0.6 is 0 Å². The monoisotopic (exact) mass is 446 g/mol. The van der Waals surface area contributed by atoms with Gasteiger partial charge in [-0.15, -0.1) is 6.07 Å². The van der Waals surface area contributed by atoms with Crippen molar-refractivity contribution in [2.45, 2.75) is 19.3 Å². The summed E-state index contributed by atoms with van der Waals surface area (Å²) in [5.41, 5.74) is 12.9. The van der Waals surface area contributed by atoms with Crippen LogP contribution in [0.5, 0.6) is 0 Å². The Morgan fingerprint density at radius 2 is 0.886 bits per heavy atom. The normalized spacial score (nSPS) is 13.8. The fraction of sp³-hybridized carbons (Fsp3) is 0.0857. The minimum atomic E-state index is 1.07. The Kier molecular flexibility index (Phi) is 4.77. The van der Waals surface area contributed by atoms with E-state index in [4.69, 9.17) is 0 Å². The van der Waals surface area contributed by atoms with Crippen molar-refractivity contribution in [1.82, 2.24) is 0 Å². The lowest BCUT2D eigenvalue weighted by molar-refractivity contribution is 0.942. The third-order valence-electron chi connectivity index (χ3n) is 7.62. The van der Waals surface area contributed by atoms with Gasteiger partial charge in [-0.3, -0.25) is 0 Å². The SMILES string of the molecule is c1cc2cc(c1)-c1cccc(c1)-c1cccc(c1)[C-]1CC[C+](C1)c1cccc(c1)-c1cccc-2c1. The molecule has 0 aliphatic heterocycles. The summed E-state index contributed by atoms with van der Waals surface area (Å²) in [6.07, 6.45) is 3.35. The van der Waals surface area contributed by atoms with Crippen LogP contribution < -0.4 is 0 Å². The van der Waals surface area contributed by atoms with Crippen LogP contribution in [0.15, 0.2) is 121 Å². The second-order valence-corrected chi connectivity index (χ2v) is 9.79. The molecule has 35 heavy (non-hydrogen) atoms. The third-order valence-corrected chi connectivity index (χ3v) is 7.62. The van der Waals surface area contributed by atoms with Crippen molar-refractivity contribution < 1.29 is 0 Å². The quantitative estimate of drug-likeness (QED) is 0.208. The number of hydrogen-bond donors (Lipinski definition) is 0. The van der Waals surface area contributed by atoms with E-state index in [0.717, 1.165) is 19.3 Å². The summed E-state index contributed by atoms with van der Waals surface area (Å²) in [6, 6.07) is 45.1. The summed E-state index contributed by atoms with van der Waals surface area (Å²) in [4.78, 5) is 0. The van der Waals surface area contributed by atoms with Crippen LogP contribution in [0.4, 0.5) is 0 Å². The lowest BCUT2D eigenvalue weighted by atomic mass is 9.89. The molecule has 0 heteroatoms. The van der Waals surface area contributed by atoms with E-state index in [9.17, 15) is 0 Å². The fourth-order valence-electron chi connectivity index (χ4n) is 5.70. The van der Waals surface area contributed by atoms with Gasteiger partial charge in [0.1, 0.15) is 5.56 Å². The van der Waals surface area contributed by atoms with E-state index in [0.29, 0.717) is 0 Å². The molecule has 5 aromatic rings. The standard InChI is InChI=1S/C35H26/c1-6-24-18-25(7-1)27-9-3-11-29(20-27)31-13-5-15-33(22-31)35-17-16-34(23-35)32-14-4-12-30(21-32)28-10-2-8-26(24)19-28/h1-15,18-22H,16-17,23H2. The molecule has 7 rings (SSSR count). The van der Waals surface area contributed by atoms with Crippen LogP contribution in [0.25, 0.3) is 44.5 Å². The molecular weight excluding hydrogens is 420 g/mol. The predicted molar refractivity (Wildman–Crippen MR) is 147 cm³/mol. The van der Waals surface area contributed by atoms with Crippen molar-refractivity contribution in [2.75, 3.05) is 0 Å². The Morgan fingerprint density at radius 1 is 0.457 bits per heavy atom. The van der Waals surface area contributed by atoms with Crippen molar-refractivity contribution in [3.8, 4) is 44.5 Å². The highest BCUT2D eigenvalue weighted by Crippen LogP contribution is 2.44. The van der Waals surface area contributed by atoms with Crippen molar-refractivity contribution >= 4 is 0 Å². The predicted octanol–water partition coefficient (Wildman–Crippen LogP) is 9.40. The molecule has 1 fully saturated rings. The highest BCUT2D eigenvalue weighted by Gasteiger charge is 2.28. The molecule has 0 radical (unpaired) electrons. The maximum absolute atomic E-state index is 2.39. The summed E-state index contributed by atoms with van der Waals surface area (Å²) >= 11 is 0. The second kappa shape index (κ2) is 8.25. The van der Waals surface area contributed by atoms with Gasteiger partial charge in [0.05, 0.1) is 6.07 Å². The van der Waals surface area contributed by atoms with Gasteiger partial charge in [0.2, 0.25) is 0 Å². The molecule has 2 aliphatic carbocycles. The van der Waals surface area contributed by atoms with E-state index in [1.807, 2.05) is 0 Å². The van der Waals surface area contributed by atoms with Gasteiger partial charge < -0.3 is 0 Å². The van der Waals surface area contributed by atoms with E-state index in [-0.39, 0.29) is 0 Å². The van der Waals surface area contributed by atoms with Crippen molar-refractivity contribution in [3.05, 3.63) is 144 Å². The van der Waals surface area contributed by atoms with E-state index in [1.165, 1.54) is 55.6 Å². The highest BCUT2D eigenvalue weighted by atomic mass is 14.3. The van der Waals surface area contributed by atoms with Gasteiger partial charge >= 0.3 is 0 Å². The largest absolute Gasteiger partial charge is 0.187 e. The molecule has 5 aromatic carbocycles. The smallest absolute Gasteiger partial charge is 0.132 e. The maximum atomic E-state index is 2.39. The topological polar surface area (TPSA) is 0 Å². The molecule has 2 aliphatic rings. The lowest BCUT2D eigenvalue weighted by Gasteiger charge is -2.21. The zero-order chi connectivity index (χ0) is 23.2. The minimum Gasteiger partial charge on any atom is -0.187 e. The van der Waals surface area contributed by atoms with E-state index < -0.39 is 0 Å². The Morgan fingerprint density at radius 3 is 1.43 bits per heavy atom. The first kappa shape index (κ1) is 20.2. The van der Waals surface area contributed by atoms with Gasteiger partial charge in [-0.2, -0.15) is 23.6 Å². The molecule has 0 atom stereocenters. The number of fused-ring (bicyclic) bond motifs is 18. The van der Waals surface area contributed by atoms with Crippen LogP contribution in [0.2, 0.25) is 0 Å². The van der Waals surface area contributed by atoms with E-state index in [1.54, 1.807) is 11.8 Å². The van der Waals surface area contributed by atoms with Crippen molar-refractivity contribution in [1.29, 1.82) is 0 Å². The molecule has 0 N–H and O–H groups in total. The Hall–Kier alpha value is -4.16. The summed E-state index contributed by atoms with van der Waals surface area (Å²) in [5, 5.41) is 0. The van der Waals surface area contributed by atoms with Crippen LogP contribution in [0, 0.1) is 11.8 Å². The molecule has 12 bridgehead atoms. The van der Waals surface area contributed by atoms with E-state index >= 15 is 0 Å². The minimum absolute atomic E-state index is 1.07. The average molecular weight is 447 g/mol. The average Bonchev–Trinajstić information content (AvgIpc) is 3.44. The third kappa shape index (κ3) is 3.72. The first-order valence-electron chi connectivity index (χ1n) is 12.5. The van der Waals surface area contributed by atoms with Gasteiger partial charge in [-0.25, -0.2) is 0 Å². The van der Waals surface area contributed by atoms with Crippen molar-refractivity contribution in [2.24, 2.45) is 0 Å². The number of benzene rings is 5. The van der Waals surface area contributed by atoms with Crippen LogP contribution in [0.1, 0.15) is 30.4 Å². The molecule has 0 amide bonds. The Labute approximate surface area is 207 Å². The summed E-state index contributed by atoms with van der Waals surface area (Å²) < 4.78 is 0. The van der Waals surface area contributed by atoms with Crippen LogP contribution in [0.3, 0.4) is 0 Å². The zero-order valence-electron chi connectivity index (χ0n) is 19.7. The number of rotatable bonds is 0. The molecule has 0 saturated heterocycles. The molecule has 0 spiro atoms. The Balaban J connectivity index is 1.44. The molecule has 1 saturated carbocycles. The van der Waals surface area contributed by atoms with E-state index in [2.05, 4.69) is 121 Å². The van der Waals surface area contributed by atoms with Crippen LogP contribution in [-0.2, 0) is 0 Å². The van der Waals surface area contributed by atoms with Gasteiger partial charge in [-0.1, -0.05) is 72.6 Å². The molecule has 0 heterocycles. The lowest BCUT2D eigenvalue weighted by Crippen LogP contribution is -1.98. The fourth-order valence-corrected chi connectivity index (χ4v) is 5.70. The molecule has 0 aromatic heterocycles. The van der Waals surface area contributed by atoms with Crippen LogP contribution in [-0.4, -0.2) is 0 Å². The van der Waals surface area contributed by atoms with Gasteiger partial charge in [0, 0.05) is 24.0 Å². The zero-order valence-corrected chi connectivity index (χ0v) is 19.7. The molecular formula is C35H26. The summed E-state index contributed by atoms with van der Waals surface area (Å²) in [6.45, 7) is 0. The Bertz CT molecular complexity index is 1430. The van der Waals surface area contributed by atoms with Gasteiger partial charge in [0.15, 0.2) is 0 Å². The maximum Gasteiger partial charge on any atom is 0.132 e. The second-order valence-electron chi connectivity index (χ2n) is 9.79. The first-order chi connectivity index (χ1) is 17.3.